The van der Waals surface area contributed by atoms with Crippen LogP contribution in [0.25, 0.3) is 11.3 Å². The lowest BCUT2D eigenvalue weighted by Gasteiger charge is -2.14. The lowest BCUT2D eigenvalue weighted by molar-refractivity contribution is 0.578. The van der Waals surface area contributed by atoms with Gasteiger partial charge in [-0.05, 0) is 61.9 Å². The minimum atomic E-state index is -4.09. The van der Waals surface area contributed by atoms with Gasteiger partial charge < -0.3 is 5.32 Å². The zero-order chi connectivity index (χ0) is 19.2. The second kappa shape index (κ2) is 7.66. The molecule has 148 valence electrons. The van der Waals surface area contributed by atoms with Crippen molar-refractivity contribution in [1.82, 2.24) is 9.29 Å². The second-order valence-electron chi connectivity index (χ2n) is 6.52. The summed E-state index contributed by atoms with van der Waals surface area (Å²) in [7, 11) is -2.28. The summed E-state index contributed by atoms with van der Waals surface area (Å²) < 4.78 is 56.0. The van der Waals surface area contributed by atoms with Crippen LogP contribution < -0.4 is 5.32 Å². The minimum absolute atomic E-state index is 0. The van der Waals surface area contributed by atoms with Crippen molar-refractivity contribution >= 4 is 22.4 Å². The van der Waals surface area contributed by atoms with E-state index in [2.05, 4.69) is 5.32 Å². The Morgan fingerprint density at radius 1 is 1.07 bits per heavy atom. The highest BCUT2D eigenvalue weighted by molar-refractivity contribution is 7.90. The molecule has 0 amide bonds. The van der Waals surface area contributed by atoms with Crippen LogP contribution in [0.3, 0.4) is 0 Å². The third-order valence-electron chi connectivity index (χ3n) is 4.97. The van der Waals surface area contributed by atoms with Gasteiger partial charge >= 0.3 is 0 Å². The summed E-state index contributed by atoms with van der Waals surface area (Å²) >= 11 is 0. The molecule has 1 N–H and O–H groups in total. The lowest BCUT2D eigenvalue weighted by atomic mass is 10.1. The smallest absolute Gasteiger partial charge is 0.268 e. The fraction of sp³-hybridized carbons (Fsp3) is 0.200. The number of halogens is 3. The van der Waals surface area contributed by atoms with Crippen LogP contribution in [0.4, 0.5) is 8.78 Å². The predicted molar refractivity (Wildman–Crippen MR) is 106 cm³/mol. The quantitative estimate of drug-likeness (QED) is 0.679. The van der Waals surface area contributed by atoms with E-state index in [0.29, 0.717) is 12.1 Å². The van der Waals surface area contributed by atoms with Gasteiger partial charge in [-0.15, -0.1) is 12.4 Å². The van der Waals surface area contributed by atoms with Gasteiger partial charge in [0, 0.05) is 17.3 Å². The van der Waals surface area contributed by atoms with E-state index < -0.39 is 21.7 Å². The average Bonchev–Trinajstić information content (AvgIpc) is 3.20. The molecule has 0 saturated carbocycles. The maximum Gasteiger partial charge on any atom is 0.268 e. The van der Waals surface area contributed by atoms with Gasteiger partial charge in [-0.2, -0.15) is 0 Å². The van der Waals surface area contributed by atoms with E-state index >= 15 is 0 Å². The number of hydrogen-bond donors (Lipinski definition) is 1. The van der Waals surface area contributed by atoms with Crippen LogP contribution in [-0.4, -0.2) is 19.4 Å². The Kier molecular flexibility index (Phi) is 5.61. The maximum atomic E-state index is 14.5. The molecular weight excluding hydrogens is 406 g/mol. The fourth-order valence-corrected chi connectivity index (χ4v) is 5.32. The van der Waals surface area contributed by atoms with E-state index in [1.165, 1.54) is 28.2 Å². The van der Waals surface area contributed by atoms with Crippen LogP contribution in [0.15, 0.2) is 59.5 Å². The number of benzene rings is 2. The molecule has 0 bridgehead atoms. The molecule has 8 heteroatoms. The number of fused-ring (bicyclic) bond motifs is 1. The van der Waals surface area contributed by atoms with Crippen LogP contribution in [0.2, 0.25) is 0 Å². The Hall–Kier alpha value is -2.22. The zero-order valence-electron chi connectivity index (χ0n) is 15.0. The molecule has 1 aromatic heterocycles. The first-order valence-electron chi connectivity index (χ1n) is 8.61. The molecule has 0 spiro atoms. The largest absolute Gasteiger partial charge is 0.313 e. The van der Waals surface area contributed by atoms with Gasteiger partial charge in [0.05, 0.1) is 10.6 Å². The third kappa shape index (κ3) is 3.23. The van der Waals surface area contributed by atoms with Crippen molar-refractivity contribution in [2.45, 2.75) is 23.8 Å². The second-order valence-corrected chi connectivity index (χ2v) is 8.30. The molecular formula is C20H19ClF2N2O2S. The van der Waals surface area contributed by atoms with Gasteiger partial charge in [0.25, 0.3) is 10.0 Å². The van der Waals surface area contributed by atoms with E-state index in [1.54, 1.807) is 31.3 Å². The Bertz CT molecular complexity index is 1130. The number of nitrogens with zero attached hydrogens (tertiary/aromatic N) is 1. The molecule has 1 unspecified atom stereocenters. The Morgan fingerprint density at radius 2 is 1.82 bits per heavy atom. The molecule has 3 aromatic rings. The highest BCUT2D eigenvalue weighted by atomic mass is 35.5. The molecule has 0 saturated heterocycles. The summed E-state index contributed by atoms with van der Waals surface area (Å²) in [5, 5.41) is 3.17. The first kappa shape index (κ1) is 20.5. The molecule has 4 rings (SSSR count). The van der Waals surface area contributed by atoms with Crippen molar-refractivity contribution in [3.05, 3.63) is 77.5 Å². The van der Waals surface area contributed by atoms with Gasteiger partial charge in [-0.25, -0.2) is 21.2 Å². The molecule has 1 aliphatic rings. The molecule has 28 heavy (non-hydrogen) atoms. The van der Waals surface area contributed by atoms with Crippen molar-refractivity contribution in [1.29, 1.82) is 0 Å². The summed E-state index contributed by atoms with van der Waals surface area (Å²) in [6.07, 6.45) is 1.28. The summed E-state index contributed by atoms with van der Waals surface area (Å²) in [5.74, 6) is -1.15. The van der Waals surface area contributed by atoms with Crippen LogP contribution in [0.1, 0.15) is 23.7 Å². The molecule has 2 aromatic carbocycles. The van der Waals surface area contributed by atoms with Crippen molar-refractivity contribution in [2.24, 2.45) is 0 Å². The minimum Gasteiger partial charge on any atom is -0.313 e. The Morgan fingerprint density at radius 3 is 2.50 bits per heavy atom. The zero-order valence-corrected chi connectivity index (χ0v) is 16.7. The number of hydrogen-bond acceptors (Lipinski definition) is 3. The van der Waals surface area contributed by atoms with Crippen molar-refractivity contribution in [2.75, 3.05) is 7.05 Å². The number of aromatic nitrogens is 1. The SMILES string of the molecule is CNC1CCc2c1cc(-c1ccccc1F)n2S(=O)(=O)c1cccc(F)c1.Cl. The topological polar surface area (TPSA) is 51.1 Å². The van der Waals surface area contributed by atoms with Crippen LogP contribution in [0.5, 0.6) is 0 Å². The van der Waals surface area contributed by atoms with Crippen molar-refractivity contribution in [3.8, 4) is 11.3 Å². The first-order chi connectivity index (χ1) is 12.9. The van der Waals surface area contributed by atoms with Crippen LogP contribution in [0, 0.1) is 11.6 Å². The Balaban J connectivity index is 0.00000225. The van der Waals surface area contributed by atoms with Crippen LogP contribution >= 0.6 is 12.4 Å². The van der Waals surface area contributed by atoms with Gasteiger partial charge in [0.15, 0.2) is 0 Å². The van der Waals surface area contributed by atoms with Crippen molar-refractivity contribution in [3.63, 3.8) is 0 Å². The van der Waals surface area contributed by atoms with Gasteiger partial charge in [-0.1, -0.05) is 18.2 Å². The third-order valence-corrected chi connectivity index (χ3v) is 6.71. The van der Waals surface area contributed by atoms with E-state index in [-0.39, 0.29) is 34.6 Å². The van der Waals surface area contributed by atoms with Crippen molar-refractivity contribution < 1.29 is 17.2 Å². The normalized spacial score (nSPS) is 15.9. The highest BCUT2D eigenvalue weighted by Crippen LogP contribution is 2.40. The summed E-state index contributed by atoms with van der Waals surface area (Å²) in [4.78, 5) is -0.161. The first-order valence-corrected chi connectivity index (χ1v) is 10.1. The van der Waals surface area contributed by atoms with E-state index in [4.69, 9.17) is 0 Å². The molecule has 0 radical (unpaired) electrons. The Labute approximate surface area is 168 Å². The van der Waals surface area contributed by atoms with E-state index in [1.807, 2.05) is 0 Å². The summed E-state index contributed by atoms with van der Waals surface area (Å²) in [5.41, 5.74) is 1.89. The van der Waals surface area contributed by atoms with E-state index in [9.17, 15) is 17.2 Å². The standard InChI is InChI=1S/C20H18F2N2O2S.ClH/c1-23-18-9-10-19-16(18)12-20(15-7-2-3-8-17(15)22)24(19)27(25,26)14-6-4-5-13(21)11-14;/h2-8,11-12,18,23H,9-10H2,1H3;1H. The summed E-state index contributed by atoms with van der Waals surface area (Å²) in [6, 6.07) is 12.6. The molecule has 1 aliphatic carbocycles. The maximum absolute atomic E-state index is 14.5. The number of rotatable bonds is 4. The van der Waals surface area contributed by atoms with Gasteiger partial charge in [-0.3, -0.25) is 0 Å². The highest BCUT2D eigenvalue weighted by Gasteiger charge is 2.33. The predicted octanol–water partition coefficient (Wildman–Crippen LogP) is 4.30. The molecule has 0 aliphatic heterocycles. The average molecular weight is 425 g/mol. The molecule has 1 heterocycles. The lowest BCUT2D eigenvalue weighted by Crippen LogP contribution is -2.17. The van der Waals surface area contributed by atoms with E-state index in [0.717, 1.165) is 18.1 Å². The molecule has 0 fully saturated rings. The monoisotopic (exact) mass is 424 g/mol. The van der Waals surface area contributed by atoms with Gasteiger partial charge in [0.1, 0.15) is 11.6 Å². The number of nitrogens with one attached hydrogen (secondary N) is 1. The van der Waals surface area contributed by atoms with Gasteiger partial charge in [0.2, 0.25) is 0 Å². The molecule has 1 atom stereocenters. The summed E-state index contributed by atoms with van der Waals surface area (Å²) in [6.45, 7) is 0. The van der Waals surface area contributed by atoms with Crippen LogP contribution in [-0.2, 0) is 16.4 Å². The molecule has 4 nitrogen and oxygen atoms in total. The fourth-order valence-electron chi connectivity index (χ4n) is 3.70.